The Balaban J connectivity index is 1.51. The summed E-state index contributed by atoms with van der Waals surface area (Å²) in [6, 6.07) is 8.69. The van der Waals surface area contributed by atoms with Gasteiger partial charge in [-0.15, -0.1) is 0 Å². The first-order valence-corrected chi connectivity index (χ1v) is 9.16. The monoisotopic (exact) mass is 387 g/mol. The van der Waals surface area contributed by atoms with Crippen molar-refractivity contribution in [2.24, 2.45) is 5.92 Å². The average molecular weight is 387 g/mol. The SMILES string of the molecule is Cc1cccc2sc(NC(=O)C3CC(=O)N(c4cc(F)cc(F)c4)C3)nc12. The molecule has 1 fully saturated rings. The predicted molar refractivity (Wildman–Crippen MR) is 99.8 cm³/mol. The molecular formula is C19H15F2N3O2S. The van der Waals surface area contributed by atoms with Crippen molar-refractivity contribution in [1.29, 1.82) is 0 Å². The Morgan fingerprint density at radius 2 is 2.00 bits per heavy atom. The Morgan fingerprint density at radius 1 is 1.26 bits per heavy atom. The van der Waals surface area contributed by atoms with E-state index in [0.29, 0.717) is 5.13 Å². The van der Waals surface area contributed by atoms with Crippen LogP contribution in [0.25, 0.3) is 10.2 Å². The molecule has 0 saturated carbocycles. The van der Waals surface area contributed by atoms with E-state index in [9.17, 15) is 18.4 Å². The number of thiazole rings is 1. The third-order valence-corrected chi connectivity index (χ3v) is 5.44. The summed E-state index contributed by atoms with van der Waals surface area (Å²) in [6.07, 6.45) is -0.0200. The average Bonchev–Trinajstić information content (AvgIpc) is 3.18. The van der Waals surface area contributed by atoms with Crippen molar-refractivity contribution in [3.63, 3.8) is 0 Å². The summed E-state index contributed by atoms with van der Waals surface area (Å²) < 4.78 is 27.8. The number of anilines is 2. The quantitative estimate of drug-likeness (QED) is 0.742. The van der Waals surface area contributed by atoms with Crippen LogP contribution < -0.4 is 10.2 Å². The highest BCUT2D eigenvalue weighted by Crippen LogP contribution is 2.30. The molecule has 1 atom stereocenters. The van der Waals surface area contributed by atoms with Crippen molar-refractivity contribution in [3.8, 4) is 0 Å². The van der Waals surface area contributed by atoms with E-state index >= 15 is 0 Å². The molecule has 1 aliphatic rings. The van der Waals surface area contributed by atoms with Crippen LogP contribution in [-0.2, 0) is 9.59 Å². The fraction of sp³-hybridized carbons (Fsp3) is 0.211. The summed E-state index contributed by atoms with van der Waals surface area (Å²) in [6.45, 7) is 2.01. The first-order chi connectivity index (χ1) is 12.9. The number of aryl methyl sites for hydroxylation is 1. The number of carbonyl (C=O) groups is 2. The smallest absolute Gasteiger partial charge is 0.231 e. The molecule has 2 amide bonds. The molecule has 5 nitrogen and oxygen atoms in total. The van der Waals surface area contributed by atoms with E-state index in [1.807, 2.05) is 25.1 Å². The Morgan fingerprint density at radius 3 is 2.70 bits per heavy atom. The largest absolute Gasteiger partial charge is 0.311 e. The summed E-state index contributed by atoms with van der Waals surface area (Å²) >= 11 is 1.36. The lowest BCUT2D eigenvalue weighted by Crippen LogP contribution is -2.28. The van der Waals surface area contributed by atoms with E-state index in [0.717, 1.165) is 34.0 Å². The molecule has 1 aromatic heterocycles. The Bertz CT molecular complexity index is 1050. The zero-order valence-corrected chi connectivity index (χ0v) is 15.1. The van der Waals surface area contributed by atoms with E-state index < -0.39 is 17.6 Å². The van der Waals surface area contributed by atoms with Crippen molar-refractivity contribution in [3.05, 3.63) is 53.6 Å². The zero-order valence-electron chi connectivity index (χ0n) is 14.3. The summed E-state index contributed by atoms with van der Waals surface area (Å²) in [5.74, 6) is -2.83. The zero-order chi connectivity index (χ0) is 19.1. The van der Waals surface area contributed by atoms with Crippen LogP contribution in [0.4, 0.5) is 19.6 Å². The highest BCUT2D eigenvalue weighted by atomic mass is 32.1. The van der Waals surface area contributed by atoms with Gasteiger partial charge in [-0.05, 0) is 30.7 Å². The minimum atomic E-state index is -0.768. The lowest BCUT2D eigenvalue weighted by atomic mass is 10.1. The van der Waals surface area contributed by atoms with E-state index in [-0.39, 0.29) is 30.5 Å². The lowest BCUT2D eigenvalue weighted by molar-refractivity contribution is -0.122. The highest BCUT2D eigenvalue weighted by Gasteiger charge is 2.35. The molecule has 0 radical (unpaired) electrons. The number of para-hydroxylation sites is 1. The fourth-order valence-electron chi connectivity index (χ4n) is 3.17. The summed E-state index contributed by atoms with van der Waals surface area (Å²) in [4.78, 5) is 30.5. The van der Waals surface area contributed by atoms with E-state index in [1.165, 1.54) is 16.2 Å². The Hall–Kier alpha value is -2.87. The number of aromatic nitrogens is 1. The molecule has 2 heterocycles. The summed E-state index contributed by atoms with van der Waals surface area (Å²) in [5.41, 5.74) is 1.96. The number of halogens is 2. The van der Waals surface area contributed by atoms with E-state index in [1.54, 1.807) is 0 Å². The molecule has 0 spiro atoms. The van der Waals surface area contributed by atoms with Gasteiger partial charge in [0.25, 0.3) is 0 Å². The molecule has 1 aliphatic heterocycles. The van der Waals surface area contributed by atoms with Crippen LogP contribution in [0, 0.1) is 24.5 Å². The first kappa shape index (κ1) is 17.5. The number of benzene rings is 2. The van der Waals surface area contributed by atoms with Crippen molar-refractivity contribution in [2.45, 2.75) is 13.3 Å². The first-order valence-electron chi connectivity index (χ1n) is 8.34. The van der Waals surface area contributed by atoms with Gasteiger partial charge in [0.1, 0.15) is 11.6 Å². The number of nitrogens with one attached hydrogen (secondary N) is 1. The van der Waals surface area contributed by atoms with Gasteiger partial charge in [-0.1, -0.05) is 23.5 Å². The van der Waals surface area contributed by atoms with Gasteiger partial charge in [-0.2, -0.15) is 0 Å². The van der Waals surface area contributed by atoms with Gasteiger partial charge in [0.05, 0.1) is 16.1 Å². The summed E-state index contributed by atoms with van der Waals surface area (Å²) in [7, 11) is 0. The maximum Gasteiger partial charge on any atom is 0.231 e. The van der Waals surface area contributed by atoms with Crippen molar-refractivity contribution in [1.82, 2.24) is 4.98 Å². The third kappa shape index (κ3) is 3.40. The number of carbonyl (C=O) groups excluding carboxylic acids is 2. The number of amides is 2. The summed E-state index contributed by atoms with van der Waals surface area (Å²) in [5, 5.41) is 3.22. The Kier molecular flexibility index (Phi) is 4.35. The molecule has 0 bridgehead atoms. The Labute approximate surface area is 157 Å². The van der Waals surface area contributed by atoms with Gasteiger partial charge >= 0.3 is 0 Å². The maximum absolute atomic E-state index is 13.4. The van der Waals surface area contributed by atoms with Gasteiger partial charge in [0.2, 0.25) is 11.8 Å². The van der Waals surface area contributed by atoms with Crippen LogP contribution >= 0.6 is 11.3 Å². The lowest BCUT2D eigenvalue weighted by Gasteiger charge is -2.16. The molecule has 27 heavy (non-hydrogen) atoms. The molecule has 1 unspecified atom stereocenters. The molecule has 4 rings (SSSR count). The molecule has 1 N–H and O–H groups in total. The van der Waals surface area contributed by atoms with Gasteiger partial charge in [-0.3, -0.25) is 9.59 Å². The maximum atomic E-state index is 13.4. The highest BCUT2D eigenvalue weighted by molar-refractivity contribution is 7.22. The minimum Gasteiger partial charge on any atom is -0.311 e. The van der Waals surface area contributed by atoms with Gasteiger partial charge in [-0.25, -0.2) is 13.8 Å². The predicted octanol–water partition coefficient (Wildman–Crippen LogP) is 3.87. The molecular weight excluding hydrogens is 372 g/mol. The van der Waals surface area contributed by atoms with E-state index in [4.69, 9.17) is 0 Å². The topological polar surface area (TPSA) is 62.3 Å². The van der Waals surface area contributed by atoms with Crippen LogP contribution in [0.15, 0.2) is 36.4 Å². The normalized spacial score (nSPS) is 16.9. The molecule has 3 aromatic rings. The second-order valence-corrected chi connectivity index (χ2v) is 7.49. The number of rotatable bonds is 3. The van der Waals surface area contributed by atoms with Crippen molar-refractivity contribution in [2.75, 3.05) is 16.8 Å². The molecule has 0 aliphatic carbocycles. The molecule has 1 saturated heterocycles. The van der Waals surface area contributed by atoms with Gasteiger partial charge in [0, 0.05) is 24.7 Å². The van der Waals surface area contributed by atoms with Crippen LogP contribution in [0.5, 0.6) is 0 Å². The van der Waals surface area contributed by atoms with Crippen LogP contribution in [0.2, 0.25) is 0 Å². The number of fused-ring (bicyclic) bond motifs is 1. The molecule has 2 aromatic carbocycles. The standard InChI is InChI=1S/C19H15F2N3O2S/c1-10-3-2-4-15-17(10)22-19(27-15)23-18(26)11-5-16(25)24(9-11)14-7-12(20)6-13(21)8-14/h2-4,6-8,11H,5,9H2,1H3,(H,22,23,26). The second-order valence-electron chi connectivity index (χ2n) is 6.46. The van der Waals surface area contributed by atoms with Gasteiger partial charge in [0.15, 0.2) is 5.13 Å². The third-order valence-electron chi connectivity index (χ3n) is 4.51. The molecule has 138 valence electrons. The van der Waals surface area contributed by atoms with Crippen molar-refractivity contribution < 1.29 is 18.4 Å². The fourth-order valence-corrected chi connectivity index (χ4v) is 4.12. The molecule has 8 heteroatoms. The number of nitrogens with zero attached hydrogens (tertiary/aromatic N) is 2. The van der Waals surface area contributed by atoms with Gasteiger partial charge < -0.3 is 10.2 Å². The van der Waals surface area contributed by atoms with Crippen LogP contribution in [-0.4, -0.2) is 23.3 Å². The second kappa shape index (κ2) is 6.70. The van der Waals surface area contributed by atoms with Crippen LogP contribution in [0.3, 0.4) is 0 Å². The number of hydrogen-bond donors (Lipinski definition) is 1. The number of hydrogen-bond acceptors (Lipinski definition) is 4. The van der Waals surface area contributed by atoms with E-state index in [2.05, 4.69) is 10.3 Å². The minimum absolute atomic E-state index is 0.0200. The van der Waals surface area contributed by atoms with Crippen LogP contribution in [0.1, 0.15) is 12.0 Å². The van der Waals surface area contributed by atoms with Crippen molar-refractivity contribution >= 4 is 44.2 Å².